The number of hydrogen-bond donors (Lipinski definition) is 0. The molecule has 2 aromatic heterocycles. The van der Waals surface area contributed by atoms with Crippen LogP contribution in [-0.4, -0.2) is 24.8 Å². The summed E-state index contributed by atoms with van der Waals surface area (Å²) < 4.78 is 81.6. The van der Waals surface area contributed by atoms with Crippen molar-refractivity contribution in [1.29, 1.82) is 0 Å². The molecule has 0 amide bonds. The van der Waals surface area contributed by atoms with Crippen molar-refractivity contribution in [3.05, 3.63) is 40.2 Å². The minimum absolute atomic E-state index is 0.148. The van der Waals surface area contributed by atoms with Crippen LogP contribution in [0.15, 0.2) is 33.0 Å². The van der Waals surface area contributed by atoms with Crippen LogP contribution < -0.4 is 0 Å². The maximum atomic E-state index is 14.2. The summed E-state index contributed by atoms with van der Waals surface area (Å²) in [7, 11) is -3.86. The number of nitrogens with zero attached hydrogens (tertiary/aromatic N) is 2. The zero-order chi connectivity index (χ0) is 19.3. The Kier molecular flexibility index (Phi) is 4.39. The lowest BCUT2D eigenvalue weighted by Crippen LogP contribution is -2.06. The fourth-order valence-corrected chi connectivity index (χ4v) is 3.68. The lowest BCUT2D eigenvalue weighted by Gasteiger charge is -2.08. The molecule has 0 saturated carbocycles. The molecule has 0 unspecified atom stereocenters. The molecule has 0 aliphatic rings. The van der Waals surface area contributed by atoms with Crippen molar-refractivity contribution in [2.45, 2.75) is 18.0 Å². The Morgan fingerprint density at radius 3 is 2.42 bits per heavy atom. The van der Waals surface area contributed by atoms with Gasteiger partial charge in [0.1, 0.15) is 22.1 Å². The minimum atomic E-state index is -4.88. The van der Waals surface area contributed by atoms with Gasteiger partial charge in [-0.25, -0.2) is 17.8 Å². The molecule has 0 N–H and O–H groups in total. The Morgan fingerprint density at radius 2 is 1.92 bits per heavy atom. The van der Waals surface area contributed by atoms with Gasteiger partial charge in [0, 0.05) is 11.6 Å². The highest BCUT2D eigenvalue weighted by Gasteiger charge is 2.41. The van der Waals surface area contributed by atoms with Gasteiger partial charge in [0.2, 0.25) is 5.76 Å². The molecular formula is C15H10F4N2O3S2. The first-order chi connectivity index (χ1) is 12.0. The highest BCUT2D eigenvalue weighted by Crippen LogP contribution is 2.43. The molecule has 3 aromatic rings. The lowest BCUT2D eigenvalue weighted by molar-refractivity contribution is -0.154. The van der Waals surface area contributed by atoms with E-state index in [1.807, 2.05) is 0 Å². The smallest absolute Gasteiger partial charge is 0.350 e. The number of aryl methyl sites for hydroxylation is 1. The van der Waals surface area contributed by atoms with Crippen LogP contribution in [0.1, 0.15) is 10.8 Å². The second-order valence-electron chi connectivity index (χ2n) is 5.40. The normalized spacial score (nSPS) is 12.5. The molecule has 0 bridgehead atoms. The molecule has 0 radical (unpaired) electrons. The van der Waals surface area contributed by atoms with Gasteiger partial charge in [-0.15, -0.1) is 11.3 Å². The fraction of sp³-hybridized carbons (Fsp3) is 0.200. The summed E-state index contributed by atoms with van der Waals surface area (Å²) in [6.07, 6.45) is -4.08. The molecule has 0 fully saturated rings. The molecule has 138 valence electrons. The first kappa shape index (κ1) is 18.5. The van der Waals surface area contributed by atoms with Gasteiger partial charge in [0.05, 0.1) is 10.6 Å². The molecule has 1 aromatic carbocycles. The number of thiazole rings is 1. The van der Waals surface area contributed by atoms with E-state index in [0.29, 0.717) is 11.1 Å². The van der Waals surface area contributed by atoms with E-state index < -0.39 is 38.0 Å². The monoisotopic (exact) mass is 406 g/mol. The van der Waals surface area contributed by atoms with E-state index in [4.69, 9.17) is 0 Å². The maximum Gasteiger partial charge on any atom is 0.453 e. The summed E-state index contributed by atoms with van der Waals surface area (Å²) in [4.78, 5) is 3.47. The van der Waals surface area contributed by atoms with Crippen molar-refractivity contribution in [2.75, 3.05) is 6.26 Å². The third-order valence-corrected chi connectivity index (χ3v) is 5.33. The maximum absolute atomic E-state index is 14.2. The fourth-order valence-electron chi connectivity index (χ4n) is 2.36. The van der Waals surface area contributed by atoms with Crippen LogP contribution in [-0.2, 0) is 16.0 Å². The number of alkyl halides is 3. The van der Waals surface area contributed by atoms with Gasteiger partial charge in [-0.3, -0.25) is 0 Å². The molecule has 0 spiro atoms. The molecule has 0 aliphatic carbocycles. The molecule has 0 atom stereocenters. The summed E-state index contributed by atoms with van der Waals surface area (Å²) in [5.41, 5.74) is -0.770. The van der Waals surface area contributed by atoms with Crippen LogP contribution in [0, 0.1) is 12.7 Å². The van der Waals surface area contributed by atoms with Crippen LogP contribution in [0.25, 0.3) is 22.5 Å². The molecule has 2 heterocycles. The minimum Gasteiger partial charge on any atom is -0.350 e. The van der Waals surface area contributed by atoms with Gasteiger partial charge in [0.15, 0.2) is 9.84 Å². The summed E-state index contributed by atoms with van der Waals surface area (Å²) in [6.45, 7) is 1.67. The number of aromatic nitrogens is 2. The second kappa shape index (κ2) is 6.16. The van der Waals surface area contributed by atoms with Gasteiger partial charge in [-0.05, 0) is 24.6 Å². The Labute approximate surface area is 149 Å². The standard InChI is InChI=1S/C15H10F4N2O3S2/c1-7-20-10(6-25-7)13-12(14(24-21-13)15(17,18)19)8-3-4-11(9(16)5-8)26(2,22)23/h3-6H,1-2H3. The summed E-state index contributed by atoms with van der Waals surface area (Å²) in [6, 6.07) is 2.69. The number of hydrogen-bond acceptors (Lipinski definition) is 6. The van der Waals surface area contributed by atoms with Gasteiger partial charge in [-0.2, -0.15) is 13.2 Å². The van der Waals surface area contributed by atoms with Crippen molar-refractivity contribution < 1.29 is 30.5 Å². The Balaban J connectivity index is 2.26. The summed E-state index contributed by atoms with van der Waals surface area (Å²) in [5.74, 6) is -2.58. The highest BCUT2D eigenvalue weighted by molar-refractivity contribution is 7.90. The van der Waals surface area contributed by atoms with Gasteiger partial charge < -0.3 is 4.52 Å². The van der Waals surface area contributed by atoms with Crippen molar-refractivity contribution >= 4 is 21.2 Å². The predicted octanol–water partition coefficient (Wildman–Crippen LogP) is 4.33. The Morgan fingerprint density at radius 1 is 1.23 bits per heavy atom. The van der Waals surface area contributed by atoms with Crippen LogP contribution in [0.2, 0.25) is 0 Å². The third kappa shape index (κ3) is 3.36. The predicted molar refractivity (Wildman–Crippen MR) is 85.9 cm³/mol. The van der Waals surface area contributed by atoms with E-state index in [1.165, 1.54) is 16.7 Å². The van der Waals surface area contributed by atoms with Crippen molar-refractivity contribution in [3.63, 3.8) is 0 Å². The van der Waals surface area contributed by atoms with E-state index >= 15 is 0 Å². The largest absolute Gasteiger partial charge is 0.453 e. The highest BCUT2D eigenvalue weighted by atomic mass is 32.2. The first-order valence-electron chi connectivity index (χ1n) is 6.98. The quantitative estimate of drug-likeness (QED) is 0.605. The number of sulfone groups is 1. The zero-order valence-electron chi connectivity index (χ0n) is 13.3. The lowest BCUT2D eigenvalue weighted by atomic mass is 10.0. The Bertz CT molecular complexity index is 1080. The molecular weight excluding hydrogens is 396 g/mol. The molecule has 26 heavy (non-hydrogen) atoms. The van der Waals surface area contributed by atoms with Crippen molar-refractivity contribution in [1.82, 2.24) is 10.1 Å². The van der Waals surface area contributed by atoms with E-state index in [1.54, 1.807) is 6.92 Å². The first-order valence-corrected chi connectivity index (χ1v) is 9.75. The average molecular weight is 406 g/mol. The molecule has 3 rings (SSSR count). The van der Waals surface area contributed by atoms with E-state index in [-0.39, 0.29) is 17.0 Å². The van der Waals surface area contributed by atoms with Crippen LogP contribution in [0.4, 0.5) is 17.6 Å². The van der Waals surface area contributed by atoms with Crippen LogP contribution in [0.5, 0.6) is 0 Å². The Hall–Kier alpha value is -2.27. The number of halogens is 4. The van der Waals surface area contributed by atoms with Crippen molar-refractivity contribution in [2.24, 2.45) is 0 Å². The molecule has 5 nitrogen and oxygen atoms in total. The third-order valence-electron chi connectivity index (χ3n) is 3.43. The van der Waals surface area contributed by atoms with Crippen LogP contribution in [0.3, 0.4) is 0 Å². The zero-order valence-corrected chi connectivity index (χ0v) is 14.9. The van der Waals surface area contributed by atoms with Gasteiger partial charge >= 0.3 is 6.18 Å². The summed E-state index contributed by atoms with van der Waals surface area (Å²) >= 11 is 1.20. The van der Waals surface area contributed by atoms with E-state index in [2.05, 4.69) is 14.7 Å². The SMILES string of the molecule is Cc1nc(-c2noc(C(F)(F)F)c2-c2ccc(S(C)(=O)=O)c(F)c2)cs1. The van der Waals surface area contributed by atoms with Gasteiger partial charge in [-0.1, -0.05) is 11.2 Å². The number of benzene rings is 1. The topological polar surface area (TPSA) is 73.1 Å². The average Bonchev–Trinajstić information content (AvgIpc) is 3.10. The second-order valence-corrected chi connectivity index (χ2v) is 8.45. The molecule has 0 saturated heterocycles. The molecule has 0 aliphatic heterocycles. The van der Waals surface area contributed by atoms with Gasteiger partial charge in [0.25, 0.3) is 0 Å². The van der Waals surface area contributed by atoms with Crippen molar-refractivity contribution in [3.8, 4) is 22.5 Å². The summed E-state index contributed by atoms with van der Waals surface area (Å²) in [5, 5.41) is 5.55. The van der Waals surface area contributed by atoms with Crippen LogP contribution >= 0.6 is 11.3 Å². The van der Waals surface area contributed by atoms with E-state index in [0.717, 1.165) is 18.4 Å². The van der Waals surface area contributed by atoms with E-state index in [9.17, 15) is 26.0 Å². The number of rotatable bonds is 3. The molecule has 11 heteroatoms.